The molecule has 7 heteroatoms. The van der Waals surface area contributed by atoms with E-state index in [-0.39, 0.29) is 5.56 Å². The molecule has 0 aliphatic rings. The topological polar surface area (TPSA) is 85.6 Å². The molecule has 0 saturated heterocycles. The highest BCUT2D eigenvalue weighted by Gasteiger charge is 2.16. The van der Waals surface area contributed by atoms with Crippen molar-refractivity contribution < 1.29 is 18.7 Å². The molecule has 0 fully saturated rings. The van der Waals surface area contributed by atoms with Crippen LogP contribution in [-0.2, 0) is 9.53 Å². The molecule has 0 unspecified atom stereocenters. The third-order valence-corrected chi connectivity index (χ3v) is 3.98. The summed E-state index contributed by atoms with van der Waals surface area (Å²) in [6, 6.07) is 15.4. The van der Waals surface area contributed by atoms with Gasteiger partial charge in [-0.05, 0) is 52.9 Å². The number of carbonyl (C=O) groups is 2. The molecule has 1 heterocycles. The van der Waals surface area contributed by atoms with Crippen molar-refractivity contribution in [3.05, 3.63) is 74.2 Å². The summed E-state index contributed by atoms with van der Waals surface area (Å²) in [6.45, 7) is -0.503. The van der Waals surface area contributed by atoms with E-state index in [4.69, 9.17) is 9.15 Å². The first-order valence-electron chi connectivity index (χ1n) is 7.28. The monoisotopic (exact) mass is 449 g/mol. The van der Waals surface area contributed by atoms with Crippen LogP contribution < -0.4 is 10.9 Å². The first-order chi connectivity index (χ1) is 12.0. The van der Waals surface area contributed by atoms with Crippen LogP contribution in [0, 0.1) is 3.57 Å². The molecule has 0 atom stereocenters. The maximum atomic E-state index is 12.1. The number of para-hydroxylation sites is 1. The lowest BCUT2D eigenvalue weighted by atomic mass is 10.2. The van der Waals surface area contributed by atoms with Gasteiger partial charge in [-0.25, -0.2) is 9.59 Å². The highest BCUT2D eigenvalue weighted by Crippen LogP contribution is 2.14. The minimum atomic E-state index is -0.905. The Balaban J connectivity index is 1.67. The third-order valence-electron chi connectivity index (χ3n) is 3.30. The van der Waals surface area contributed by atoms with Crippen LogP contribution in [0.4, 0.5) is 5.69 Å². The molecule has 0 radical (unpaired) electrons. The van der Waals surface area contributed by atoms with E-state index in [1.165, 1.54) is 6.07 Å². The molecule has 1 aromatic heterocycles. The van der Waals surface area contributed by atoms with Crippen LogP contribution in [0.5, 0.6) is 0 Å². The highest BCUT2D eigenvalue weighted by atomic mass is 127. The highest BCUT2D eigenvalue weighted by molar-refractivity contribution is 14.1. The Bertz CT molecular complexity index is 1010. The summed E-state index contributed by atoms with van der Waals surface area (Å²) in [7, 11) is 0. The van der Waals surface area contributed by atoms with E-state index in [0.717, 1.165) is 3.57 Å². The minimum Gasteiger partial charge on any atom is -0.452 e. The van der Waals surface area contributed by atoms with E-state index in [0.29, 0.717) is 16.7 Å². The smallest absolute Gasteiger partial charge is 0.351 e. The molecule has 126 valence electrons. The van der Waals surface area contributed by atoms with E-state index in [1.54, 1.807) is 42.5 Å². The van der Waals surface area contributed by atoms with Crippen LogP contribution in [0.2, 0.25) is 0 Å². The van der Waals surface area contributed by atoms with Crippen LogP contribution in [0.3, 0.4) is 0 Å². The first kappa shape index (κ1) is 17.2. The van der Waals surface area contributed by atoms with Gasteiger partial charge >= 0.3 is 11.6 Å². The molecule has 0 bridgehead atoms. The van der Waals surface area contributed by atoms with Gasteiger partial charge in [0.15, 0.2) is 6.61 Å². The number of ether oxygens (including phenoxy) is 1. The standard InChI is InChI=1S/C18H12INO5/c19-12-5-3-6-13(9-12)20-16(21)10-24-17(22)14-8-11-4-1-2-7-15(11)25-18(14)23/h1-9H,10H2,(H,20,21). The number of esters is 1. The Morgan fingerprint density at radius 3 is 2.68 bits per heavy atom. The lowest BCUT2D eigenvalue weighted by Gasteiger charge is -2.07. The molecular formula is C18H12INO5. The number of benzene rings is 2. The average molecular weight is 449 g/mol. The van der Waals surface area contributed by atoms with Gasteiger partial charge in [0.1, 0.15) is 11.1 Å². The van der Waals surface area contributed by atoms with Crippen molar-refractivity contribution in [1.82, 2.24) is 0 Å². The first-order valence-corrected chi connectivity index (χ1v) is 8.36. The van der Waals surface area contributed by atoms with Crippen LogP contribution in [0.25, 0.3) is 11.0 Å². The predicted octanol–water partition coefficient (Wildman–Crippen LogP) is 3.19. The molecule has 3 aromatic rings. The molecule has 1 N–H and O–H groups in total. The SMILES string of the molecule is O=C(COC(=O)c1cc2ccccc2oc1=O)Nc1cccc(I)c1. The van der Waals surface area contributed by atoms with Gasteiger partial charge in [-0.3, -0.25) is 4.79 Å². The Hall–Kier alpha value is -2.68. The fraction of sp³-hybridized carbons (Fsp3) is 0.0556. The average Bonchev–Trinajstić information content (AvgIpc) is 2.59. The number of hydrogen-bond donors (Lipinski definition) is 1. The number of fused-ring (bicyclic) bond motifs is 1. The van der Waals surface area contributed by atoms with Gasteiger partial charge in [0.05, 0.1) is 0 Å². The summed E-state index contributed by atoms with van der Waals surface area (Å²) in [6.07, 6.45) is 0. The van der Waals surface area contributed by atoms with Gasteiger partial charge in [0.2, 0.25) is 0 Å². The van der Waals surface area contributed by atoms with Gasteiger partial charge in [-0.15, -0.1) is 0 Å². The second-order valence-electron chi connectivity index (χ2n) is 5.12. The molecule has 3 rings (SSSR count). The van der Waals surface area contributed by atoms with Crippen molar-refractivity contribution in [2.45, 2.75) is 0 Å². The van der Waals surface area contributed by atoms with Crippen LogP contribution >= 0.6 is 22.6 Å². The van der Waals surface area contributed by atoms with E-state index in [2.05, 4.69) is 27.9 Å². The second-order valence-corrected chi connectivity index (χ2v) is 6.37. The molecule has 6 nitrogen and oxygen atoms in total. The summed E-state index contributed by atoms with van der Waals surface area (Å²) in [4.78, 5) is 35.8. The number of carbonyl (C=O) groups excluding carboxylic acids is 2. The van der Waals surface area contributed by atoms with Crippen molar-refractivity contribution in [3.63, 3.8) is 0 Å². The van der Waals surface area contributed by atoms with Crippen LogP contribution in [0.1, 0.15) is 10.4 Å². The van der Waals surface area contributed by atoms with Gasteiger partial charge in [0.25, 0.3) is 5.91 Å². The Kier molecular flexibility index (Phi) is 5.13. The Labute approximate surface area is 155 Å². The maximum Gasteiger partial charge on any atom is 0.351 e. The molecule has 0 spiro atoms. The molecule has 0 aliphatic heterocycles. The van der Waals surface area contributed by atoms with Crippen molar-refractivity contribution in [1.29, 1.82) is 0 Å². The van der Waals surface area contributed by atoms with Gasteiger partial charge in [-0.1, -0.05) is 24.3 Å². The van der Waals surface area contributed by atoms with Crippen molar-refractivity contribution in [2.24, 2.45) is 0 Å². The molecule has 1 amide bonds. The lowest BCUT2D eigenvalue weighted by molar-refractivity contribution is -0.119. The van der Waals surface area contributed by atoms with E-state index in [9.17, 15) is 14.4 Å². The second kappa shape index (κ2) is 7.47. The van der Waals surface area contributed by atoms with E-state index >= 15 is 0 Å². The zero-order valence-corrected chi connectivity index (χ0v) is 15.0. The maximum absolute atomic E-state index is 12.1. The van der Waals surface area contributed by atoms with Gasteiger partial charge in [-0.2, -0.15) is 0 Å². The predicted molar refractivity (Wildman–Crippen MR) is 101 cm³/mol. The zero-order chi connectivity index (χ0) is 17.8. The Morgan fingerprint density at radius 1 is 1.08 bits per heavy atom. The van der Waals surface area contributed by atoms with Crippen LogP contribution in [-0.4, -0.2) is 18.5 Å². The van der Waals surface area contributed by atoms with E-state index < -0.39 is 24.1 Å². The zero-order valence-electron chi connectivity index (χ0n) is 12.8. The molecule has 2 aromatic carbocycles. The van der Waals surface area contributed by atoms with Gasteiger partial charge in [0, 0.05) is 14.6 Å². The summed E-state index contributed by atoms with van der Waals surface area (Å²) < 4.78 is 10.9. The molecule has 0 aliphatic carbocycles. The number of amides is 1. The number of halogens is 1. The van der Waals surface area contributed by atoms with Crippen molar-refractivity contribution in [3.8, 4) is 0 Å². The number of hydrogen-bond acceptors (Lipinski definition) is 5. The lowest BCUT2D eigenvalue weighted by Crippen LogP contribution is -2.23. The summed E-state index contributed by atoms with van der Waals surface area (Å²) >= 11 is 2.12. The largest absolute Gasteiger partial charge is 0.452 e. The quantitative estimate of drug-likeness (QED) is 0.376. The summed E-state index contributed by atoms with van der Waals surface area (Å²) in [5.74, 6) is -1.40. The minimum absolute atomic E-state index is 0.249. The van der Waals surface area contributed by atoms with E-state index in [1.807, 2.05) is 6.07 Å². The van der Waals surface area contributed by atoms with Crippen molar-refractivity contribution >= 4 is 51.1 Å². The molecular weight excluding hydrogens is 437 g/mol. The molecule has 0 saturated carbocycles. The Morgan fingerprint density at radius 2 is 1.88 bits per heavy atom. The fourth-order valence-electron chi connectivity index (χ4n) is 2.18. The normalized spacial score (nSPS) is 10.4. The molecule has 25 heavy (non-hydrogen) atoms. The fourth-order valence-corrected chi connectivity index (χ4v) is 2.72. The van der Waals surface area contributed by atoms with Crippen LogP contribution in [0.15, 0.2) is 63.8 Å². The summed E-state index contributed by atoms with van der Waals surface area (Å²) in [5.41, 5.74) is -0.0823. The number of nitrogens with one attached hydrogen (secondary N) is 1. The number of rotatable bonds is 4. The van der Waals surface area contributed by atoms with Crippen molar-refractivity contribution in [2.75, 3.05) is 11.9 Å². The summed E-state index contributed by atoms with van der Waals surface area (Å²) in [5, 5.41) is 3.21. The van der Waals surface area contributed by atoms with Gasteiger partial charge < -0.3 is 14.5 Å². The third kappa shape index (κ3) is 4.24. The number of anilines is 1.